The number of anilines is 1. The number of nitrogens with zero attached hydrogens (tertiary/aromatic N) is 2. The number of aromatic nitrogens is 1. The molecular weight excluding hydrogens is 345 g/mol. The van der Waals surface area contributed by atoms with Crippen LogP contribution < -0.4 is 5.32 Å². The van der Waals surface area contributed by atoms with Crippen LogP contribution in [0.2, 0.25) is 5.02 Å². The van der Waals surface area contributed by atoms with Gasteiger partial charge in [0.15, 0.2) is 0 Å². The van der Waals surface area contributed by atoms with Gasteiger partial charge in [0.2, 0.25) is 0 Å². The molecule has 1 N–H and O–H groups in total. The summed E-state index contributed by atoms with van der Waals surface area (Å²) in [7, 11) is 0. The van der Waals surface area contributed by atoms with Gasteiger partial charge in [-0.1, -0.05) is 35.0 Å². The fraction of sp³-hybridized carbons (Fsp3) is 0.0556. The molecule has 0 aliphatic rings. The molecule has 1 heterocycles. The van der Waals surface area contributed by atoms with Gasteiger partial charge < -0.3 is 9.84 Å². The number of benzene rings is 2. The zero-order valence-corrected chi connectivity index (χ0v) is 13.8. The number of aryl methyl sites for hydroxylation is 1. The zero-order chi connectivity index (χ0) is 18.0. The predicted octanol–water partition coefficient (Wildman–Crippen LogP) is 4.57. The highest BCUT2D eigenvalue weighted by Gasteiger charge is 2.23. The molecule has 0 saturated heterocycles. The van der Waals surface area contributed by atoms with Gasteiger partial charge in [-0.25, -0.2) is 4.39 Å². The van der Waals surface area contributed by atoms with Crippen molar-refractivity contribution in [2.75, 3.05) is 5.32 Å². The van der Waals surface area contributed by atoms with E-state index in [1.807, 2.05) is 6.07 Å². The van der Waals surface area contributed by atoms with E-state index in [2.05, 4.69) is 10.5 Å². The first kappa shape index (κ1) is 16.7. The van der Waals surface area contributed by atoms with Crippen molar-refractivity contribution in [1.29, 1.82) is 5.26 Å². The van der Waals surface area contributed by atoms with E-state index in [1.165, 1.54) is 6.07 Å². The first-order chi connectivity index (χ1) is 12.0. The third-order valence-corrected chi connectivity index (χ3v) is 3.83. The molecule has 124 valence electrons. The Hall–Kier alpha value is -3.17. The molecule has 3 rings (SSSR count). The van der Waals surface area contributed by atoms with Crippen molar-refractivity contribution in [1.82, 2.24) is 5.16 Å². The fourth-order valence-electron chi connectivity index (χ4n) is 2.40. The van der Waals surface area contributed by atoms with Crippen LogP contribution in [-0.4, -0.2) is 11.1 Å². The molecule has 0 aliphatic carbocycles. The number of hydrogen-bond acceptors (Lipinski definition) is 4. The second-order valence-electron chi connectivity index (χ2n) is 5.24. The van der Waals surface area contributed by atoms with Gasteiger partial charge in [0.05, 0.1) is 16.7 Å². The molecule has 0 aliphatic heterocycles. The molecule has 5 nitrogen and oxygen atoms in total. The van der Waals surface area contributed by atoms with E-state index in [0.29, 0.717) is 16.3 Å². The second kappa shape index (κ2) is 6.75. The summed E-state index contributed by atoms with van der Waals surface area (Å²) >= 11 is 6.17. The molecule has 0 spiro atoms. The van der Waals surface area contributed by atoms with E-state index in [4.69, 9.17) is 21.4 Å². The zero-order valence-electron chi connectivity index (χ0n) is 13.0. The number of carbonyl (C=O) groups excluding carboxylic acids is 1. The van der Waals surface area contributed by atoms with Gasteiger partial charge in [0.25, 0.3) is 5.91 Å². The third kappa shape index (κ3) is 3.37. The molecule has 0 atom stereocenters. The minimum atomic E-state index is -0.622. The van der Waals surface area contributed by atoms with Crippen LogP contribution in [0.25, 0.3) is 11.3 Å². The highest BCUT2D eigenvalue weighted by molar-refractivity contribution is 6.33. The summed E-state index contributed by atoms with van der Waals surface area (Å²) in [6, 6.07) is 12.3. The lowest BCUT2D eigenvalue weighted by Crippen LogP contribution is -2.14. The Labute approximate surface area is 147 Å². The van der Waals surface area contributed by atoms with E-state index in [0.717, 1.165) is 12.1 Å². The maximum Gasteiger partial charge on any atom is 0.261 e. The Kier molecular flexibility index (Phi) is 4.50. The maximum atomic E-state index is 13.5. The van der Waals surface area contributed by atoms with Gasteiger partial charge in [-0.3, -0.25) is 4.79 Å². The molecular formula is C18H11ClFN3O2. The Morgan fingerprint density at radius 2 is 2.08 bits per heavy atom. The van der Waals surface area contributed by atoms with Gasteiger partial charge >= 0.3 is 0 Å². The minimum absolute atomic E-state index is 0.101. The van der Waals surface area contributed by atoms with Crippen LogP contribution in [0.4, 0.5) is 10.1 Å². The number of hydrogen-bond donors (Lipinski definition) is 1. The van der Waals surface area contributed by atoms with Crippen LogP contribution in [0, 0.1) is 24.1 Å². The van der Waals surface area contributed by atoms with Gasteiger partial charge in [0, 0.05) is 11.3 Å². The molecule has 7 heteroatoms. The summed E-state index contributed by atoms with van der Waals surface area (Å²) in [5.74, 6) is -0.866. The molecule has 0 fully saturated rings. The van der Waals surface area contributed by atoms with Crippen LogP contribution in [-0.2, 0) is 0 Å². The van der Waals surface area contributed by atoms with Gasteiger partial charge in [0.1, 0.15) is 22.8 Å². The Morgan fingerprint density at radius 3 is 2.80 bits per heavy atom. The standard InChI is InChI=1S/C18H11ClFN3O2/c1-10-16(17(23-25-10)14-4-2-3-5-15(14)19)18(24)22-13-7-11(9-21)6-12(20)8-13/h2-8H,1H3,(H,22,24). The van der Waals surface area contributed by atoms with E-state index in [1.54, 1.807) is 31.2 Å². The van der Waals surface area contributed by atoms with Crippen molar-refractivity contribution in [2.24, 2.45) is 0 Å². The van der Waals surface area contributed by atoms with Crippen molar-refractivity contribution in [2.45, 2.75) is 6.92 Å². The van der Waals surface area contributed by atoms with E-state index in [-0.39, 0.29) is 22.5 Å². The number of nitriles is 1. The summed E-state index contributed by atoms with van der Waals surface area (Å²) in [5, 5.41) is 15.8. The predicted molar refractivity (Wildman–Crippen MR) is 90.8 cm³/mol. The second-order valence-corrected chi connectivity index (χ2v) is 5.64. The summed E-state index contributed by atoms with van der Waals surface area (Å²) in [4.78, 5) is 12.7. The molecule has 0 radical (unpaired) electrons. The smallest absolute Gasteiger partial charge is 0.261 e. The monoisotopic (exact) mass is 355 g/mol. The SMILES string of the molecule is Cc1onc(-c2ccccc2Cl)c1C(=O)Nc1cc(F)cc(C#N)c1. The van der Waals surface area contributed by atoms with E-state index in [9.17, 15) is 9.18 Å². The number of nitrogens with one attached hydrogen (secondary N) is 1. The van der Waals surface area contributed by atoms with Gasteiger partial charge in [-0.2, -0.15) is 5.26 Å². The van der Waals surface area contributed by atoms with Crippen molar-refractivity contribution in [3.8, 4) is 17.3 Å². The Bertz CT molecular complexity index is 1010. The highest BCUT2D eigenvalue weighted by atomic mass is 35.5. The molecule has 2 aromatic carbocycles. The number of halogens is 2. The summed E-state index contributed by atoms with van der Waals surface area (Å²) in [6.45, 7) is 1.59. The van der Waals surface area contributed by atoms with Gasteiger partial charge in [-0.05, 0) is 31.2 Å². The van der Waals surface area contributed by atoms with Crippen LogP contribution in [0.1, 0.15) is 21.7 Å². The topological polar surface area (TPSA) is 78.9 Å². The quantitative estimate of drug-likeness (QED) is 0.746. The Morgan fingerprint density at radius 1 is 1.32 bits per heavy atom. The van der Waals surface area contributed by atoms with Crippen molar-refractivity contribution >= 4 is 23.2 Å². The largest absolute Gasteiger partial charge is 0.360 e. The summed E-state index contributed by atoms with van der Waals surface area (Å²) < 4.78 is 18.7. The summed E-state index contributed by atoms with van der Waals surface area (Å²) in [6.07, 6.45) is 0. The van der Waals surface area contributed by atoms with E-state index < -0.39 is 11.7 Å². The number of carbonyl (C=O) groups is 1. The molecule has 1 amide bonds. The summed E-state index contributed by atoms with van der Waals surface area (Å²) in [5.41, 5.74) is 1.28. The Balaban J connectivity index is 1.99. The van der Waals surface area contributed by atoms with Gasteiger partial charge in [-0.15, -0.1) is 0 Å². The normalized spacial score (nSPS) is 10.3. The molecule has 0 bridgehead atoms. The van der Waals surface area contributed by atoms with Crippen LogP contribution in [0.5, 0.6) is 0 Å². The lowest BCUT2D eigenvalue weighted by molar-refractivity contribution is 0.102. The molecule has 1 aromatic heterocycles. The minimum Gasteiger partial charge on any atom is -0.360 e. The van der Waals surface area contributed by atoms with Crippen molar-refractivity contribution < 1.29 is 13.7 Å². The lowest BCUT2D eigenvalue weighted by atomic mass is 10.1. The fourth-order valence-corrected chi connectivity index (χ4v) is 2.62. The van der Waals surface area contributed by atoms with Crippen LogP contribution in [0.3, 0.4) is 0 Å². The first-order valence-electron chi connectivity index (χ1n) is 7.23. The third-order valence-electron chi connectivity index (χ3n) is 3.50. The number of rotatable bonds is 3. The van der Waals surface area contributed by atoms with Crippen LogP contribution in [0.15, 0.2) is 47.0 Å². The van der Waals surface area contributed by atoms with Crippen molar-refractivity contribution in [3.63, 3.8) is 0 Å². The average Bonchev–Trinajstić information content (AvgIpc) is 2.96. The number of amides is 1. The maximum absolute atomic E-state index is 13.5. The van der Waals surface area contributed by atoms with Crippen LogP contribution >= 0.6 is 11.6 Å². The average molecular weight is 356 g/mol. The van der Waals surface area contributed by atoms with E-state index >= 15 is 0 Å². The molecule has 3 aromatic rings. The molecule has 0 unspecified atom stereocenters. The highest BCUT2D eigenvalue weighted by Crippen LogP contribution is 2.31. The molecule has 0 saturated carbocycles. The molecule has 25 heavy (non-hydrogen) atoms. The van der Waals surface area contributed by atoms with Crippen molar-refractivity contribution in [3.05, 3.63) is 70.2 Å². The first-order valence-corrected chi connectivity index (χ1v) is 7.60. The lowest BCUT2D eigenvalue weighted by Gasteiger charge is -2.07.